The van der Waals surface area contributed by atoms with E-state index in [-0.39, 0.29) is 30.4 Å². The molecule has 2 atom stereocenters. The minimum absolute atomic E-state index is 0.0453. The van der Waals surface area contributed by atoms with Crippen molar-refractivity contribution >= 4 is 17.9 Å². The van der Waals surface area contributed by atoms with Crippen LogP contribution in [0.3, 0.4) is 0 Å². The van der Waals surface area contributed by atoms with Crippen LogP contribution in [-0.4, -0.2) is 55.3 Å². The number of amides is 1. The maximum atomic E-state index is 13.7. The average Bonchev–Trinajstić information content (AvgIpc) is 3.26. The van der Waals surface area contributed by atoms with Gasteiger partial charge in [-0.05, 0) is 92.1 Å². The van der Waals surface area contributed by atoms with Crippen molar-refractivity contribution in [2.24, 2.45) is 5.92 Å². The number of carbonyl (C=O) groups is 2. The zero-order valence-electron chi connectivity index (χ0n) is 27.2. The summed E-state index contributed by atoms with van der Waals surface area (Å²) in [6.07, 6.45) is -10.2. The Morgan fingerprint density at radius 3 is 2.16 bits per heavy atom. The topological polar surface area (TPSA) is 81.2 Å². The zero-order valence-corrected chi connectivity index (χ0v) is 27.2. The van der Waals surface area contributed by atoms with Gasteiger partial charge in [-0.25, -0.2) is 9.78 Å². The third kappa shape index (κ3) is 6.61. The molecule has 0 radical (unpaired) electrons. The number of alkyl halides is 6. The zero-order chi connectivity index (χ0) is 35.4. The van der Waals surface area contributed by atoms with Gasteiger partial charge in [-0.1, -0.05) is 6.07 Å². The van der Waals surface area contributed by atoms with E-state index in [9.17, 15) is 35.9 Å². The summed E-state index contributed by atoms with van der Waals surface area (Å²) in [6.45, 7) is 4.86. The lowest BCUT2D eigenvalue weighted by molar-refractivity contribution is -0.149. The maximum Gasteiger partial charge on any atom is 0.416 e. The molecular weight excluding hydrogens is 656 g/mol. The van der Waals surface area contributed by atoms with Crippen LogP contribution in [0.4, 0.5) is 37.0 Å². The lowest BCUT2D eigenvalue weighted by Gasteiger charge is -2.34. The van der Waals surface area contributed by atoms with Gasteiger partial charge in [0.1, 0.15) is 17.7 Å². The lowest BCUT2D eigenvalue weighted by atomic mass is 9.71. The van der Waals surface area contributed by atoms with Crippen molar-refractivity contribution in [1.29, 1.82) is 0 Å². The fraction of sp³-hybridized carbons (Fsp3) is 0.457. The van der Waals surface area contributed by atoms with Gasteiger partial charge in [0.2, 0.25) is 0 Å². The second-order valence-corrected chi connectivity index (χ2v) is 12.8. The second kappa shape index (κ2) is 12.8. The Bertz CT molecular complexity index is 1740. The van der Waals surface area contributed by atoms with Crippen LogP contribution in [0.25, 0.3) is 11.1 Å². The molecule has 0 unspecified atom stereocenters. The van der Waals surface area contributed by atoms with E-state index in [4.69, 9.17) is 19.2 Å². The second-order valence-electron chi connectivity index (χ2n) is 12.8. The number of aryl methyl sites for hydroxylation is 1. The molecule has 49 heavy (non-hydrogen) atoms. The molecule has 2 saturated heterocycles. The van der Waals surface area contributed by atoms with Crippen molar-refractivity contribution in [3.8, 4) is 16.9 Å². The summed E-state index contributed by atoms with van der Waals surface area (Å²) >= 11 is 0. The largest absolute Gasteiger partial charge is 0.496 e. The first kappa shape index (κ1) is 34.4. The standard InChI is InChI=1S/C35H35F6N3O5/c1-18-10-29(43-8-5-9-43)42-27(30(18)26-15-20(6-7-28(26)47-3)21-11-23(12-21)32(45)48-4)17-44-19(2)31(49-33(44)46)22-13-24(34(36,37)38)16-25(14-22)35(39,40)41/h6-7,10,13-16,19,21,23,31H,5,8-9,11-12,17H2,1-4H3/t19-,21-,23+,31-/m0/s1. The number of esters is 1. The molecule has 1 saturated carbocycles. The van der Waals surface area contributed by atoms with Crippen molar-refractivity contribution in [1.82, 2.24) is 9.88 Å². The van der Waals surface area contributed by atoms with Crippen LogP contribution in [0, 0.1) is 12.8 Å². The first-order valence-electron chi connectivity index (χ1n) is 15.9. The number of methoxy groups -OCH3 is 2. The monoisotopic (exact) mass is 691 g/mol. The first-order chi connectivity index (χ1) is 23.1. The molecule has 1 aromatic heterocycles. The SMILES string of the molecule is COc1ccc([C@H]2C[C@@H](C(=O)OC)C2)cc1-c1c(C)cc(N2CCC2)nc1CN1C(=O)O[C@H](c2cc(C(F)(F)F)cc(C(F)(F)F)c2)[C@@H]1C. The summed E-state index contributed by atoms with van der Waals surface area (Å²) in [5.74, 6) is 0.888. The van der Waals surface area contributed by atoms with Crippen LogP contribution >= 0.6 is 0 Å². The Labute approximate surface area is 278 Å². The number of ether oxygens (including phenoxy) is 3. The Hall–Kier alpha value is -4.49. The third-order valence-electron chi connectivity index (χ3n) is 9.75. The van der Waals surface area contributed by atoms with Gasteiger partial charge in [0.25, 0.3) is 0 Å². The number of cyclic esters (lactones) is 1. The molecular formula is C35H35F6N3O5. The Kier molecular flexibility index (Phi) is 8.95. The molecule has 1 aliphatic carbocycles. The number of carbonyl (C=O) groups excluding carboxylic acids is 2. The van der Waals surface area contributed by atoms with Gasteiger partial charge in [0.05, 0.1) is 49.5 Å². The fourth-order valence-electron chi connectivity index (χ4n) is 6.80. The number of anilines is 1. The van der Waals surface area contributed by atoms with Crippen molar-refractivity contribution in [2.75, 3.05) is 32.2 Å². The smallest absolute Gasteiger partial charge is 0.416 e. The Morgan fingerprint density at radius 1 is 0.959 bits per heavy atom. The van der Waals surface area contributed by atoms with E-state index in [1.807, 2.05) is 31.2 Å². The molecule has 0 N–H and O–H groups in total. The van der Waals surface area contributed by atoms with E-state index in [1.165, 1.54) is 26.0 Å². The predicted octanol–water partition coefficient (Wildman–Crippen LogP) is 8.06. The van der Waals surface area contributed by atoms with Crippen LogP contribution in [0.5, 0.6) is 5.75 Å². The molecule has 14 heteroatoms. The van der Waals surface area contributed by atoms with Gasteiger partial charge in [-0.2, -0.15) is 26.3 Å². The summed E-state index contributed by atoms with van der Waals surface area (Å²) < 4.78 is 98.0. The highest BCUT2D eigenvalue weighted by Gasteiger charge is 2.44. The molecule has 0 spiro atoms. The summed E-state index contributed by atoms with van der Waals surface area (Å²) in [5, 5.41) is 0. The van der Waals surface area contributed by atoms with E-state index in [0.29, 0.717) is 53.4 Å². The summed E-state index contributed by atoms with van der Waals surface area (Å²) in [4.78, 5) is 33.7. The number of hydrogen-bond acceptors (Lipinski definition) is 7. The van der Waals surface area contributed by atoms with E-state index in [1.54, 1.807) is 0 Å². The van der Waals surface area contributed by atoms with Crippen molar-refractivity contribution in [2.45, 2.75) is 70.1 Å². The molecule has 8 nitrogen and oxygen atoms in total. The Morgan fingerprint density at radius 2 is 1.61 bits per heavy atom. The molecule has 3 heterocycles. The number of pyridine rings is 1. The number of nitrogens with zero attached hydrogens (tertiary/aromatic N) is 3. The summed E-state index contributed by atoms with van der Waals surface area (Å²) in [5.41, 5.74) is 0.247. The quantitative estimate of drug-likeness (QED) is 0.175. The van der Waals surface area contributed by atoms with Crippen LogP contribution < -0.4 is 9.64 Å². The predicted molar refractivity (Wildman–Crippen MR) is 166 cm³/mol. The third-order valence-corrected chi connectivity index (χ3v) is 9.75. The number of rotatable bonds is 8. The summed E-state index contributed by atoms with van der Waals surface area (Å²) in [7, 11) is 2.89. The van der Waals surface area contributed by atoms with Gasteiger partial charge in [0, 0.05) is 24.2 Å². The molecule has 2 aromatic carbocycles. The number of benzene rings is 2. The molecule has 6 rings (SSSR count). The van der Waals surface area contributed by atoms with Gasteiger partial charge in [-0.3, -0.25) is 9.69 Å². The van der Waals surface area contributed by atoms with E-state index < -0.39 is 47.3 Å². The molecule has 3 aromatic rings. The molecule has 262 valence electrons. The van der Waals surface area contributed by atoms with Crippen molar-refractivity contribution in [3.05, 3.63) is 76.0 Å². The average molecular weight is 692 g/mol. The van der Waals surface area contributed by atoms with Gasteiger partial charge in [-0.15, -0.1) is 0 Å². The molecule has 3 aliphatic rings. The number of aromatic nitrogens is 1. The highest BCUT2D eigenvalue weighted by molar-refractivity contribution is 5.79. The van der Waals surface area contributed by atoms with Gasteiger partial charge >= 0.3 is 24.4 Å². The normalized spacial score (nSPS) is 22.4. The minimum Gasteiger partial charge on any atom is -0.496 e. The lowest BCUT2D eigenvalue weighted by Crippen LogP contribution is -2.38. The van der Waals surface area contributed by atoms with Crippen molar-refractivity contribution < 1.29 is 50.1 Å². The van der Waals surface area contributed by atoms with Gasteiger partial charge < -0.3 is 19.1 Å². The first-order valence-corrected chi connectivity index (χ1v) is 15.9. The number of hydrogen-bond donors (Lipinski definition) is 0. The van der Waals surface area contributed by atoms with E-state index in [0.717, 1.165) is 30.6 Å². The van der Waals surface area contributed by atoms with Gasteiger partial charge in [0.15, 0.2) is 0 Å². The minimum atomic E-state index is -5.05. The molecule has 3 fully saturated rings. The maximum absolute atomic E-state index is 13.7. The fourth-order valence-corrected chi connectivity index (χ4v) is 6.80. The molecule has 1 amide bonds. The molecule has 0 bridgehead atoms. The van der Waals surface area contributed by atoms with Crippen LogP contribution in [0.2, 0.25) is 0 Å². The highest BCUT2D eigenvalue weighted by Crippen LogP contribution is 2.46. The van der Waals surface area contributed by atoms with Crippen LogP contribution in [0.15, 0.2) is 42.5 Å². The highest BCUT2D eigenvalue weighted by atomic mass is 19.4. The molecule has 2 aliphatic heterocycles. The van der Waals surface area contributed by atoms with E-state index >= 15 is 0 Å². The van der Waals surface area contributed by atoms with Crippen molar-refractivity contribution in [3.63, 3.8) is 0 Å². The van der Waals surface area contributed by atoms with Crippen LogP contribution in [-0.2, 0) is 33.2 Å². The summed E-state index contributed by atoms with van der Waals surface area (Å²) in [6, 6.07) is 7.96. The van der Waals surface area contributed by atoms with E-state index in [2.05, 4.69) is 4.90 Å². The number of halogens is 6. The Balaban J connectivity index is 1.38. The van der Waals surface area contributed by atoms with Crippen LogP contribution in [0.1, 0.15) is 71.7 Å².